The van der Waals surface area contributed by atoms with Crippen molar-refractivity contribution in [2.45, 2.75) is 58.5 Å². The third-order valence-electron chi connectivity index (χ3n) is 5.22. The van der Waals surface area contributed by atoms with Gasteiger partial charge in [-0.1, -0.05) is 41.7 Å². The van der Waals surface area contributed by atoms with Gasteiger partial charge >= 0.3 is 7.12 Å². The Morgan fingerprint density at radius 1 is 0.889 bits per heavy atom. The molecule has 1 fully saturated rings. The van der Waals surface area contributed by atoms with Crippen molar-refractivity contribution < 1.29 is 18.8 Å². The molecule has 2 heterocycles. The Hall–Kier alpha value is -1.12. The molecule has 0 N–H and O–H groups in total. The summed E-state index contributed by atoms with van der Waals surface area (Å²) in [6, 6.07) is 12.4. The molecule has 7 heteroatoms. The van der Waals surface area contributed by atoms with E-state index in [0.717, 1.165) is 21.0 Å². The van der Waals surface area contributed by atoms with Crippen LogP contribution in [0, 0.1) is 0 Å². The summed E-state index contributed by atoms with van der Waals surface area (Å²) < 4.78 is 23.6. The van der Waals surface area contributed by atoms with Crippen molar-refractivity contribution in [1.82, 2.24) is 0 Å². The number of hydrogen-bond acceptors (Lipinski definition) is 6. The Balaban J connectivity index is 1.77. The maximum absolute atomic E-state index is 6.31. The van der Waals surface area contributed by atoms with Gasteiger partial charge < -0.3 is 18.8 Å². The molecule has 0 aromatic heterocycles. The van der Waals surface area contributed by atoms with Gasteiger partial charge in [-0.05, 0) is 51.4 Å². The zero-order chi connectivity index (χ0) is 19.2. The highest BCUT2D eigenvalue weighted by molar-refractivity contribution is 8.05. The van der Waals surface area contributed by atoms with Gasteiger partial charge in [0.2, 0.25) is 0 Å². The molecule has 0 bridgehead atoms. The number of fused-ring (bicyclic) bond motifs is 2. The van der Waals surface area contributed by atoms with Crippen LogP contribution in [0.15, 0.2) is 56.0 Å². The summed E-state index contributed by atoms with van der Waals surface area (Å²) in [5.41, 5.74) is 0.292. The number of ether oxygens (including phenoxy) is 2. The van der Waals surface area contributed by atoms with E-state index in [2.05, 4.69) is 52.0 Å². The fourth-order valence-corrected chi connectivity index (χ4v) is 5.48. The molecular weight excluding hydrogens is 379 g/mol. The molecule has 0 saturated carbocycles. The molecule has 4 rings (SSSR count). The molecule has 2 aliphatic rings. The highest BCUT2D eigenvalue weighted by atomic mass is 32.2. The first-order valence-electron chi connectivity index (χ1n) is 8.91. The first kappa shape index (κ1) is 19.2. The van der Waals surface area contributed by atoms with Crippen molar-refractivity contribution in [2.24, 2.45) is 0 Å². The summed E-state index contributed by atoms with van der Waals surface area (Å²) in [6.07, 6.45) is 0. The quantitative estimate of drug-likeness (QED) is 0.470. The van der Waals surface area contributed by atoms with Crippen LogP contribution >= 0.6 is 23.5 Å². The van der Waals surface area contributed by atoms with E-state index in [0.29, 0.717) is 0 Å². The Kier molecular flexibility index (Phi) is 5.01. The Morgan fingerprint density at radius 2 is 1.48 bits per heavy atom. The third kappa shape index (κ3) is 3.40. The van der Waals surface area contributed by atoms with E-state index < -0.39 is 7.12 Å². The fraction of sp³-hybridized carbons (Fsp3) is 0.400. The minimum Gasteiger partial charge on any atom is -0.466 e. The van der Waals surface area contributed by atoms with Crippen molar-refractivity contribution in [1.29, 1.82) is 0 Å². The predicted octanol–water partition coefficient (Wildman–Crippen LogP) is 4.58. The molecule has 27 heavy (non-hydrogen) atoms. The van der Waals surface area contributed by atoms with Crippen LogP contribution in [0.1, 0.15) is 27.7 Å². The van der Waals surface area contributed by atoms with Gasteiger partial charge in [0, 0.05) is 21.8 Å². The summed E-state index contributed by atoms with van der Waals surface area (Å²) in [5, 5.41) is 0. The number of methoxy groups -OCH3 is 1. The SMILES string of the molecule is COCOc1ccc(B2OC(C)(C)C(C)(C)O2)c2c1Sc1ccccc1S2. The van der Waals surface area contributed by atoms with E-state index in [9.17, 15) is 0 Å². The Morgan fingerprint density at radius 3 is 2.07 bits per heavy atom. The molecule has 1 saturated heterocycles. The van der Waals surface area contributed by atoms with Crippen LogP contribution in [0.25, 0.3) is 0 Å². The summed E-state index contributed by atoms with van der Waals surface area (Å²) in [4.78, 5) is 4.67. The van der Waals surface area contributed by atoms with Crippen molar-refractivity contribution in [3.8, 4) is 5.75 Å². The highest BCUT2D eigenvalue weighted by Gasteiger charge is 2.52. The average molecular weight is 402 g/mol. The van der Waals surface area contributed by atoms with Crippen molar-refractivity contribution in [2.75, 3.05) is 13.9 Å². The van der Waals surface area contributed by atoms with E-state index in [4.69, 9.17) is 18.8 Å². The summed E-state index contributed by atoms with van der Waals surface area (Å²) in [5.74, 6) is 0.819. The molecule has 0 radical (unpaired) electrons. The second-order valence-corrected chi connectivity index (χ2v) is 9.71. The summed E-state index contributed by atoms with van der Waals surface area (Å²) in [7, 11) is 1.22. The Labute approximate surface area is 169 Å². The average Bonchev–Trinajstić information content (AvgIpc) is 2.85. The van der Waals surface area contributed by atoms with E-state index in [1.165, 1.54) is 9.79 Å². The van der Waals surface area contributed by atoms with E-state index in [1.54, 1.807) is 30.6 Å². The lowest BCUT2D eigenvalue weighted by Gasteiger charge is -2.32. The third-order valence-corrected chi connectivity index (χ3v) is 7.88. The largest absolute Gasteiger partial charge is 0.496 e. The topological polar surface area (TPSA) is 36.9 Å². The normalized spacial score (nSPS) is 19.5. The van der Waals surface area contributed by atoms with Crippen LogP contribution in [0.4, 0.5) is 0 Å². The zero-order valence-electron chi connectivity index (χ0n) is 16.2. The lowest BCUT2D eigenvalue weighted by molar-refractivity contribution is 0.00578. The van der Waals surface area contributed by atoms with Gasteiger partial charge in [0.05, 0.1) is 16.1 Å². The lowest BCUT2D eigenvalue weighted by atomic mass is 9.79. The second-order valence-electron chi connectivity index (χ2n) is 7.60. The zero-order valence-corrected chi connectivity index (χ0v) is 17.8. The van der Waals surface area contributed by atoms with E-state index in [-0.39, 0.29) is 18.0 Å². The van der Waals surface area contributed by atoms with Crippen molar-refractivity contribution in [3.63, 3.8) is 0 Å². The molecule has 142 valence electrons. The van der Waals surface area contributed by atoms with Crippen LogP contribution in [-0.4, -0.2) is 32.2 Å². The number of benzene rings is 2. The van der Waals surface area contributed by atoms with E-state index in [1.807, 2.05) is 12.1 Å². The van der Waals surface area contributed by atoms with Crippen LogP contribution < -0.4 is 10.2 Å². The van der Waals surface area contributed by atoms with E-state index >= 15 is 0 Å². The first-order chi connectivity index (χ1) is 12.8. The smallest absolute Gasteiger partial charge is 0.466 e. The standard InChI is InChI=1S/C20H23BO4S2/c1-19(2)20(3,4)25-21(24-19)13-10-11-14(23-12-22-5)18-17(13)26-15-8-6-7-9-16(15)27-18/h6-11H,12H2,1-5H3. The minimum absolute atomic E-state index is 0.217. The van der Waals surface area contributed by atoms with Crippen LogP contribution in [-0.2, 0) is 14.0 Å². The molecule has 0 unspecified atom stereocenters. The summed E-state index contributed by atoms with van der Waals surface area (Å²) >= 11 is 3.46. The number of hydrogen-bond donors (Lipinski definition) is 0. The van der Waals surface area contributed by atoms with Gasteiger partial charge in [-0.15, -0.1) is 0 Å². The summed E-state index contributed by atoms with van der Waals surface area (Å²) in [6.45, 7) is 8.52. The maximum Gasteiger partial charge on any atom is 0.496 e. The number of rotatable bonds is 4. The molecule has 0 spiro atoms. The monoisotopic (exact) mass is 402 g/mol. The highest BCUT2D eigenvalue weighted by Crippen LogP contribution is 2.51. The van der Waals surface area contributed by atoms with Gasteiger partial charge in [0.15, 0.2) is 6.79 Å². The molecular formula is C20H23BO4S2. The van der Waals surface area contributed by atoms with Gasteiger partial charge in [-0.25, -0.2) is 0 Å². The fourth-order valence-electron chi connectivity index (χ4n) is 2.99. The molecule has 2 aromatic rings. The van der Waals surface area contributed by atoms with Crippen LogP contribution in [0.5, 0.6) is 5.75 Å². The molecule has 4 nitrogen and oxygen atoms in total. The van der Waals surface area contributed by atoms with Gasteiger partial charge in [-0.3, -0.25) is 0 Å². The molecule has 0 aliphatic carbocycles. The molecule has 2 aliphatic heterocycles. The first-order valence-corrected chi connectivity index (χ1v) is 10.5. The van der Waals surface area contributed by atoms with Crippen LogP contribution in [0.3, 0.4) is 0 Å². The Bertz CT molecular complexity index is 853. The molecule has 0 atom stereocenters. The molecule has 2 aromatic carbocycles. The predicted molar refractivity (Wildman–Crippen MR) is 109 cm³/mol. The van der Waals surface area contributed by atoms with Gasteiger partial charge in [-0.2, -0.15) is 0 Å². The van der Waals surface area contributed by atoms with Crippen molar-refractivity contribution in [3.05, 3.63) is 36.4 Å². The van der Waals surface area contributed by atoms with Gasteiger partial charge in [0.25, 0.3) is 0 Å². The van der Waals surface area contributed by atoms with Crippen LogP contribution in [0.2, 0.25) is 0 Å². The minimum atomic E-state index is -0.404. The van der Waals surface area contributed by atoms with Gasteiger partial charge in [0.1, 0.15) is 5.75 Å². The van der Waals surface area contributed by atoms with Crippen molar-refractivity contribution >= 4 is 36.1 Å². The lowest BCUT2D eigenvalue weighted by Crippen LogP contribution is -2.41. The molecule has 0 amide bonds. The maximum atomic E-state index is 6.31. The second kappa shape index (κ2) is 7.05.